The van der Waals surface area contributed by atoms with Gasteiger partial charge in [0.2, 0.25) is 0 Å². The van der Waals surface area contributed by atoms with Crippen LogP contribution in [0, 0.1) is 0 Å². The van der Waals surface area contributed by atoms with E-state index < -0.39 is 0 Å². The Kier molecular flexibility index (Phi) is 6.96. The SMILES string of the molecule is O=C(NCCc1ccc(O)cc1)c1cc(NCCN2CCOCC2)nc2ccccc12. The molecule has 0 spiro atoms. The van der Waals surface area contributed by atoms with Crippen LogP contribution in [-0.2, 0) is 11.2 Å². The van der Waals surface area contributed by atoms with Crippen molar-refractivity contribution in [3.05, 3.63) is 65.7 Å². The van der Waals surface area contributed by atoms with E-state index in [-0.39, 0.29) is 11.7 Å². The molecule has 0 atom stereocenters. The third-order valence-electron chi connectivity index (χ3n) is 5.43. The standard InChI is InChI=1S/C24H28N4O3/c29-19-7-5-18(6-8-19)9-10-26-24(30)21-17-23(27-22-4-2-1-3-20(21)22)25-11-12-28-13-15-31-16-14-28/h1-8,17,29H,9-16H2,(H,25,27)(H,26,30). The molecule has 162 valence electrons. The van der Waals surface area contributed by atoms with E-state index in [2.05, 4.69) is 20.5 Å². The van der Waals surface area contributed by atoms with E-state index in [4.69, 9.17) is 4.74 Å². The van der Waals surface area contributed by atoms with Crippen LogP contribution in [0.4, 0.5) is 5.82 Å². The minimum atomic E-state index is -0.117. The maximum absolute atomic E-state index is 12.9. The van der Waals surface area contributed by atoms with Crippen LogP contribution in [0.15, 0.2) is 54.6 Å². The number of ether oxygens (including phenoxy) is 1. The molecule has 4 rings (SSSR count). The Bertz CT molecular complexity index is 1020. The number of fused-ring (bicyclic) bond motifs is 1. The molecular formula is C24H28N4O3. The highest BCUT2D eigenvalue weighted by Gasteiger charge is 2.14. The summed E-state index contributed by atoms with van der Waals surface area (Å²) in [7, 11) is 0. The predicted octanol–water partition coefficient (Wildman–Crippen LogP) is 2.66. The lowest BCUT2D eigenvalue weighted by Crippen LogP contribution is -2.39. The Hall–Kier alpha value is -3.16. The first-order chi connectivity index (χ1) is 15.2. The minimum Gasteiger partial charge on any atom is -0.508 e. The number of pyridine rings is 1. The van der Waals surface area contributed by atoms with Crippen LogP contribution < -0.4 is 10.6 Å². The fourth-order valence-corrected chi connectivity index (χ4v) is 3.70. The van der Waals surface area contributed by atoms with Crippen LogP contribution in [0.3, 0.4) is 0 Å². The third kappa shape index (κ3) is 5.71. The van der Waals surface area contributed by atoms with Gasteiger partial charge < -0.3 is 20.5 Å². The molecule has 7 heteroatoms. The van der Waals surface area contributed by atoms with E-state index in [9.17, 15) is 9.90 Å². The van der Waals surface area contributed by atoms with Crippen LogP contribution >= 0.6 is 0 Å². The maximum atomic E-state index is 12.9. The van der Waals surface area contributed by atoms with Crippen LogP contribution in [0.1, 0.15) is 15.9 Å². The molecule has 0 aliphatic carbocycles. The number of morpholine rings is 1. The highest BCUT2D eigenvalue weighted by Crippen LogP contribution is 2.21. The summed E-state index contributed by atoms with van der Waals surface area (Å²) in [6.45, 7) is 5.63. The smallest absolute Gasteiger partial charge is 0.252 e. The molecule has 0 saturated carbocycles. The number of hydrogen-bond donors (Lipinski definition) is 3. The number of nitrogens with one attached hydrogen (secondary N) is 2. The molecule has 1 amide bonds. The average molecular weight is 421 g/mol. The number of nitrogens with zero attached hydrogens (tertiary/aromatic N) is 2. The lowest BCUT2D eigenvalue weighted by molar-refractivity contribution is 0.0398. The van der Waals surface area contributed by atoms with Crippen LogP contribution in [0.25, 0.3) is 10.9 Å². The number of anilines is 1. The monoisotopic (exact) mass is 420 g/mol. The number of aromatic hydroxyl groups is 1. The zero-order valence-corrected chi connectivity index (χ0v) is 17.5. The second-order valence-electron chi connectivity index (χ2n) is 7.63. The number of phenolic OH excluding ortho intramolecular Hbond substituents is 1. The van der Waals surface area contributed by atoms with Gasteiger partial charge in [-0.3, -0.25) is 9.69 Å². The van der Waals surface area contributed by atoms with E-state index >= 15 is 0 Å². The summed E-state index contributed by atoms with van der Waals surface area (Å²) in [5.74, 6) is 0.828. The molecule has 2 aromatic carbocycles. The van der Waals surface area contributed by atoms with Crippen LogP contribution in [0.5, 0.6) is 5.75 Å². The van der Waals surface area contributed by atoms with E-state index in [1.165, 1.54) is 0 Å². The predicted molar refractivity (Wildman–Crippen MR) is 122 cm³/mol. The van der Waals surface area contributed by atoms with Crippen molar-refractivity contribution in [2.24, 2.45) is 0 Å². The summed E-state index contributed by atoms with van der Waals surface area (Å²) in [6.07, 6.45) is 0.694. The number of benzene rings is 2. The molecule has 31 heavy (non-hydrogen) atoms. The van der Waals surface area contributed by atoms with Gasteiger partial charge in [-0.05, 0) is 36.2 Å². The molecule has 0 unspecified atom stereocenters. The number of para-hydroxylation sites is 1. The Morgan fingerprint density at radius 3 is 2.65 bits per heavy atom. The summed E-state index contributed by atoms with van der Waals surface area (Å²) >= 11 is 0. The Morgan fingerprint density at radius 2 is 1.84 bits per heavy atom. The molecule has 2 heterocycles. The normalized spacial score (nSPS) is 14.5. The fourth-order valence-electron chi connectivity index (χ4n) is 3.70. The lowest BCUT2D eigenvalue weighted by atomic mass is 10.1. The first-order valence-electron chi connectivity index (χ1n) is 10.7. The van der Waals surface area contributed by atoms with Crippen molar-refractivity contribution in [3.8, 4) is 5.75 Å². The van der Waals surface area contributed by atoms with Crippen LogP contribution in [-0.4, -0.2) is 66.8 Å². The topological polar surface area (TPSA) is 86.7 Å². The molecule has 1 saturated heterocycles. The second-order valence-corrected chi connectivity index (χ2v) is 7.63. The van der Waals surface area contributed by atoms with Gasteiger partial charge in [0.25, 0.3) is 5.91 Å². The summed E-state index contributed by atoms with van der Waals surface area (Å²) in [5.41, 5.74) is 2.47. The van der Waals surface area contributed by atoms with E-state index in [1.807, 2.05) is 42.5 Å². The quantitative estimate of drug-likeness (QED) is 0.519. The molecule has 1 aromatic heterocycles. The van der Waals surface area contributed by atoms with Crippen molar-refractivity contribution in [1.29, 1.82) is 0 Å². The molecule has 0 bridgehead atoms. The van der Waals surface area contributed by atoms with E-state index in [0.29, 0.717) is 24.3 Å². The Balaban J connectivity index is 1.41. The molecule has 3 N–H and O–H groups in total. The van der Waals surface area contributed by atoms with Gasteiger partial charge in [0, 0.05) is 38.1 Å². The van der Waals surface area contributed by atoms with E-state index in [0.717, 1.165) is 55.9 Å². The maximum Gasteiger partial charge on any atom is 0.252 e. The summed E-state index contributed by atoms with van der Waals surface area (Å²) < 4.78 is 5.39. The largest absolute Gasteiger partial charge is 0.508 e. The van der Waals surface area contributed by atoms with Gasteiger partial charge in [-0.25, -0.2) is 4.98 Å². The number of phenols is 1. The van der Waals surface area contributed by atoms with Gasteiger partial charge in [-0.1, -0.05) is 30.3 Å². The van der Waals surface area contributed by atoms with Crippen molar-refractivity contribution in [2.45, 2.75) is 6.42 Å². The first-order valence-corrected chi connectivity index (χ1v) is 10.7. The number of hydrogen-bond acceptors (Lipinski definition) is 6. The van der Waals surface area contributed by atoms with Gasteiger partial charge in [-0.2, -0.15) is 0 Å². The number of carbonyl (C=O) groups is 1. The Morgan fingerprint density at radius 1 is 1.06 bits per heavy atom. The van der Waals surface area contributed by atoms with Crippen molar-refractivity contribution >= 4 is 22.6 Å². The van der Waals surface area contributed by atoms with Crippen molar-refractivity contribution < 1.29 is 14.6 Å². The Labute approximate surface area is 182 Å². The lowest BCUT2D eigenvalue weighted by Gasteiger charge is -2.26. The molecule has 0 radical (unpaired) electrons. The molecule has 1 aliphatic heterocycles. The van der Waals surface area contributed by atoms with Crippen molar-refractivity contribution in [2.75, 3.05) is 51.3 Å². The average Bonchev–Trinajstić information content (AvgIpc) is 2.80. The van der Waals surface area contributed by atoms with Gasteiger partial charge in [-0.15, -0.1) is 0 Å². The summed E-state index contributed by atoms with van der Waals surface area (Å²) in [4.78, 5) is 20.0. The highest BCUT2D eigenvalue weighted by molar-refractivity contribution is 6.06. The van der Waals surface area contributed by atoms with Gasteiger partial charge in [0.05, 0.1) is 24.3 Å². The van der Waals surface area contributed by atoms with Crippen LogP contribution in [0.2, 0.25) is 0 Å². The third-order valence-corrected chi connectivity index (χ3v) is 5.43. The van der Waals surface area contributed by atoms with Gasteiger partial charge in [0.1, 0.15) is 11.6 Å². The molecule has 3 aromatic rings. The minimum absolute atomic E-state index is 0.117. The van der Waals surface area contributed by atoms with E-state index in [1.54, 1.807) is 12.1 Å². The zero-order chi connectivity index (χ0) is 21.5. The number of carbonyl (C=O) groups excluding carboxylic acids is 1. The number of aromatic nitrogens is 1. The summed E-state index contributed by atoms with van der Waals surface area (Å²) in [6, 6.07) is 16.6. The molecule has 1 aliphatic rings. The molecule has 7 nitrogen and oxygen atoms in total. The van der Waals surface area contributed by atoms with Gasteiger partial charge in [0.15, 0.2) is 0 Å². The first kappa shape index (κ1) is 21.1. The summed E-state index contributed by atoms with van der Waals surface area (Å²) in [5, 5.41) is 16.6. The number of amides is 1. The molecular weight excluding hydrogens is 392 g/mol. The fraction of sp³-hybridized carbons (Fsp3) is 0.333. The van der Waals surface area contributed by atoms with Gasteiger partial charge >= 0.3 is 0 Å². The highest BCUT2D eigenvalue weighted by atomic mass is 16.5. The van der Waals surface area contributed by atoms with Crippen molar-refractivity contribution in [3.63, 3.8) is 0 Å². The zero-order valence-electron chi connectivity index (χ0n) is 17.5. The number of rotatable bonds is 8. The van der Waals surface area contributed by atoms with Crippen molar-refractivity contribution in [1.82, 2.24) is 15.2 Å². The molecule has 1 fully saturated rings. The second kappa shape index (κ2) is 10.2.